The van der Waals surface area contributed by atoms with E-state index in [0.29, 0.717) is 6.54 Å². The number of methoxy groups -OCH3 is 1. The van der Waals surface area contributed by atoms with Crippen molar-refractivity contribution in [1.82, 2.24) is 4.90 Å². The van der Waals surface area contributed by atoms with Crippen molar-refractivity contribution in [2.75, 3.05) is 18.7 Å². The lowest BCUT2D eigenvalue weighted by Crippen LogP contribution is -2.38. The van der Waals surface area contributed by atoms with Gasteiger partial charge >= 0.3 is 6.03 Å². The van der Waals surface area contributed by atoms with Gasteiger partial charge in [0.15, 0.2) is 0 Å². The number of urea groups is 1. The van der Waals surface area contributed by atoms with E-state index in [4.69, 9.17) is 4.74 Å². The Labute approximate surface area is 205 Å². The maximum absolute atomic E-state index is 13.8. The molecule has 0 fully saturated rings. The quantitative estimate of drug-likeness (QED) is 0.277. The molecule has 4 nitrogen and oxygen atoms in total. The number of rotatable bonds is 8. The summed E-state index contributed by atoms with van der Waals surface area (Å²) in [6.07, 6.45) is 2.03. The SMILES string of the molecule is COc1ccccc1CN(C(=O)Nc1ccc(SC)cc1)C(c1ccccc1)c1ccccc1. The molecular formula is C29H28N2O2S. The van der Waals surface area contributed by atoms with Crippen LogP contribution in [0.1, 0.15) is 22.7 Å². The first-order valence-corrected chi connectivity index (χ1v) is 12.4. The molecule has 4 aromatic carbocycles. The molecule has 0 aliphatic rings. The van der Waals surface area contributed by atoms with E-state index in [1.807, 2.05) is 96.1 Å². The molecule has 1 N–H and O–H groups in total. The van der Waals surface area contributed by atoms with Crippen LogP contribution in [0, 0.1) is 0 Å². The van der Waals surface area contributed by atoms with E-state index in [-0.39, 0.29) is 12.1 Å². The van der Waals surface area contributed by atoms with Gasteiger partial charge in [0, 0.05) is 16.1 Å². The van der Waals surface area contributed by atoms with Gasteiger partial charge in [-0.2, -0.15) is 0 Å². The second kappa shape index (κ2) is 11.4. The molecule has 0 saturated heterocycles. The zero-order chi connectivity index (χ0) is 23.8. The van der Waals surface area contributed by atoms with Crippen molar-refractivity contribution in [3.8, 4) is 5.75 Å². The van der Waals surface area contributed by atoms with Gasteiger partial charge in [-0.25, -0.2) is 4.79 Å². The Morgan fingerprint density at radius 3 is 1.94 bits per heavy atom. The van der Waals surface area contributed by atoms with Gasteiger partial charge in [-0.05, 0) is 47.7 Å². The molecule has 0 heterocycles. The molecule has 4 aromatic rings. The van der Waals surface area contributed by atoms with Gasteiger partial charge in [0.2, 0.25) is 0 Å². The third kappa shape index (κ3) is 5.61. The molecule has 0 aromatic heterocycles. The molecule has 0 saturated carbocycles. The summed E-state index contributed by atoms with van der Waals surface area (Å²) in [6, 6.07) is 35.5. The third-order valence-electron chi connectivity index (χ3n) is 5.68. The highest BCUT2D eigenvalue weighted by atomic mass is 32.2. The van der Waals surface area contributed by atoms with Crippen LogP contribution < -0.4 is 10.1 Å². The van der Waals surface area contributed by atoms with Crippen LogP contribution in [0.3, 0.4) is 0 Å². The maximum atomic E-state index is 13.8. The van der Waals surface area contributed by atoms with E-state index in [0.717, 1.165) is 33.0 Å². The molecule has 172 valence electrons. The van der Waals surface area contributed by atoms with Gasteiger partial charge in [-0.3, -0.25) is 0 Å². The van der Waals surface area contributed by atoms with Crippen molar-refractivity contribution in [2.45, 2.75) is 17.5 Å². The average molecular weight is 469 g/mol. The van der Waals surface area contributed by atoms with Crippen LogP contribution in [-0.2, 0) is 6.54 Å². The minimum atomic E-state index is -0.280. The standard InChI is InChI=1S/C29H28N2O2S/c1-33-27-16-10-9-15-24(27)21-31(29(32)30-25-17-19-26(34-2)20-18-25)28(22-11-5-3-6-12-22)23-13-7-4-8-14-23/h3-20,28H,21H2,1-2H3,(H,30,32). The number of ether oxygens (including phenoxy) is 1. The molecule has 0 radical (unpaired) electrons. The highest BCUT2D eigenvalue weighted by Crippen LogP contribution is 2.32. The smallest absolute Gasteiger partial charge is 0.322 e. The van der Waals surface area contributed by atoms with Gasteiger partial charge < -0.3 is 15.0 Å². The summed E-state index contributed by atoms with van der Waals surface area (Å²) in [5.74, 6) is 0.754. The second-order valence-corrected chi connectivity index (χ2v) is 8.70. The van der Waals surface area contributed by atoms with Crippen LogP contribution in [0.15, 0.2) is 114 Å². The van der Waals surface area contributed by atoms with Gasteiger partial charge in [-0.15, -0.1) is 11.8 Å². The molecule has 0 aliphatic carbocycles. The summed E-state index contributed by atoms with van der Waals surface area (Å²) < 4.78 is 5.60. The van der Waals surface area contributed by atoms with Gasteiger partial charge in [-0.1, -0.05) is 78.9 Å². The van der Waals surface area contributed by atoms with Crippen molar-refractivity contribution >= 4 is 23.5 Å². The first-order chi connectivity index (χ1) is 16.7. The molecule has 5 heteroatoms. The van der Waals surface area contributed by atoms with E-state index in [1.165, 1.54) is 0 Å². The molecule has 2 amide bonds. The maximum Gasteiger partial charge on any atom is 0.322 e. The molecule has 0 spiro atoms. The Hall–Kier alpha value is -3.70. The van der Waals surface area contributed by atoms with Crippen molar-refractivity contribution in [3.05, 3.63) is 126 Å². The number of nitrogens with one attached hydrogen (secondary N) is 1. The van der Waals surface area contributed by atoms with E-state index in [1.54, 1.807) is 18.9 Å². The van der Waals surface area contributed by atoms with Crippen molar-refractivity contribution in [2.24, 2.45) is 0 Å². The van der Waals surface area contributed by atoms with E-state index < -0.39 is 0 Å². The van der Waals surface area contributed by atoms with Crippen molar-refractivity contribution < 1.29 is 9.53 Å². The fourth-order valence-electron chi connectivity index (χ4n) is 3.99. The zero-order valence-electron chi connectivity index (χ0n) is 19.3. The lowest BCUT2D eigenvalue weighted by Gasteiger charge is -2.33. The first kappa shape index (κ1) is 23.5. The number of anilines is 1. The van der Waals surface area contributed by atoms with Gasteiger partial charge in [0.25, 0.3) is 0 Å². The predicted octanol–water partition coefficient (Wildman–Crippen LogP) is 7.24. The third-order valence-corrected chi connectivity index (χ3v) is 6.42. The minimum Gasteiger partial charge on any atom is -0.496 e. The monoisotopic (exact) mass is 468 g/mol. The van der Waals surface area contributed by atoms with Crippen LogP contribution >= 0.6 is 11.8 Å². The molecule has 0 bridgehead atoms. The van der Waals surface area contributed by atoms with Crippen LogP contribution in [0.2, 0.25) is 0 Å². The largest absolute Gasteiger partial charge is 0.496 e. The number of hydrogen-bond donors (Lipinski definition) is 1. The van der Waals surface area contributed by atoms with E-state index in [9.17, 15) is 4.79 Å². The number of thioether (sulfide) groups is 1. The predicted molar refractivity (Wildman–Crippen MR) is 141 cm³/mol. The van der Waals surface area contributed by atoms with Crippen LogP contribution in [0.25, 0.3) is 0 Å². The molecule has 0 aliphatic heterocycles. The summed E-state index contributed by atoms with van der Waals surface area (Å²) in [5, 5.41) is 3.11. The number of nitrogens with zero attached hydrogens (tertiary/aromatic N) is 1. The molecular weight excluding hydrogens is 440 g/mol. The van der Waals surface area contributed by atoms with Crippen molar-refractivity contribution in [3.63, 3.8) is 0 Å². The number of carbonyl (C=O) groups is 1. The Morgan fingerprint density at radius 2 is 1.38 bits per heavy atom. The second-order valence-electron chi connectivity index (χ2n) is 7.82. The summed E-state index contributed by atoms with van der Waals surface area (Å²) in [5.41, 5.74) is 3.77. The average Bonchev–Trinajstić information content (AvgIpc) is 2.90. The number of benzene rings is 4. The molecule has 4 rings (SSSR count). The zero-order valence-corrected chi connectivity index (χ0v) is 20.2. The van der Waals surface area contributed by atoms with Gasteiger partial charge in [0.05, 0.1) is 19.7 Å². The van der Waals surface area contributed by atoms with Crippen LogP contribution in [0.4, 0.5) is 10.5 Å². The Balaban J connectivity index is 1.76. The normalized spacial score (nSPS) is 10.7. The van der Waals surface area contributed by atoms with Crippen molar-refractivity contribution in [1.29, 1.82) is 0 Å². The number of para-hydroxylation sites is 1. The number of hydrogen-bond acceptors (Lipinski definition) is 3. The lowest BCUT2D eigenvalue weighted by atomic mass is 9.96. The Morgan fingerprint density at radius 1 is 0.824 bits per heavy atom. The fraction of sp³-hybridized carbons (Fsp3) is 0.138. The molecule has 34 heavy (non-hydrogen) atoms. The Bertz CT molecular complexity index is 1160. The Kier molecular flexibility index (Phi) is 7.89. The van der Waals surface area contributed by atoms with Gasteiger partial charge in [0.1, 0.15) is 5.75 Å². The first-order valence-electron chi connectivity index (χ1n) is 11.1. The van der Waals surface area contributed by atoms with Crippen LogP contribution in [-0.4, -0.2) is 24.3 Å². The molecule has 0 unspecified atom stereocenters. The highest BCUT2D eigenvalue weighted by Gasteiger charge is 2.28. The topological polar surface area (TPSA) is 41.6 Å². The van der Waals surface area contributed by atoms with E-state index >= 15 is 0 Å². The van der Waals surface area contributed by atoms with E-state index in [2.05, 4.69) is 29.6 Å². The highest BCUT2D eigenvalue weighted by molar-refractivity contribution is 7.98. The van der Waals surface area contributed by atoms with Crippen LogP contribution in [0.5, 0.6) is 5.75 Å². The summed E-state index contributed by atoms with van der Waals surface area (Å²) in [4.78, 5) is 16.8. The lowest BCUT2D eigenvalue weighted by molar-refractivity contribution is 0.193. The summed E-state index contributed by atoms with van der Waals surface area (Å²) in [6.45, 7) is 0.382. The summed E-state index contributed by atoms with van der Waals surface area (Å²) in [7, 11) is 1.66. The number of carbonyl (C=O) groups excluding carboxylic acids is 1. The minimum absolute atomic E-state index is 0.180. The number of amides is 2. The fourth-order valence-corrected chi connectivity index (χ4v) is 4.40. The molecule has 0 atom stereocenters. The summed E-state index contributed by atoms with van der Waals surface area (Å²) >= 11 is 1.67.